The van der Waals surface area contributed by atoms with E-state index in [9.17, 15) is 4.39 Å². The second-order valence-corrected chi connectivity index (χ2v) is 6.04. The van der Waals surface area contributed by atoms with Gasteiger partial charge in [0.1, 0.15) is 5.82 Å². The molecule has 3 heteroatoms. The van der Waals surface area contributed by atoms with E-state index in [0.29, 0.717) is 17.0 Å². The first-order chi connectivity index (χ1) is 9.15. The smallest absolute Gasteiger partial charge is 0.142 e. The van der Waals surface area contributed by atoms with Gasteiger partial charge in [-0.3, -0.25) is 0 Å². The van der Waals surface area contributed by atoms with E-state index in [-0.39, 0.29) is 5.82 Å². The van der Waals surface area contributed by atoms with E-state index in [2.05, 4.69) is 12.2 Å². The van der Waals surface area contributed by atoms with Crippen LogP contribution >= 0.6 is 11.6 Å². The summed E-state index contributed by atoms with van der Waals surface area (Å²) in [5.74, 6) is 1.06. The Kier molecular flexibility index (Phi) is 5.23. The molecule has 0 heterocycles. The van der Waals surface area contributed by atoms with Crippen molar-refractivity contribution in [3.05, 3.63) is 34.6 Å². The van der Waals surface area contributed by atoms with Crippen LogP contribution in [0, 0.1) is 17.7 Å². The lowest BCUT2D eigenvalue weighted by Gasteiger charge is -2.36. The fourth-order valence-electron chi connectivity index (χ4n) is 3.33. The SMILES string of the molecule is CCC1CCC(NC)C(Cc2cccc(F)c2Cl)C1. The zero-order valence-electron chi connectivity index (χ0n) is 11.8. The molecule has 106 valence electrons. The first kappa shape index (κ1) is 14.8. The van der Waals surface area contributed by atoms with E-state index >= 15 is 0 Å². The first-order valence-electron chi connectivity index (χ1n) is 7.25. The Morgan fingerprint density at radius 1 is 1.37 bits per heavy atom. The Morgan fingerprint density at radius 2 is 2.16 bits per heavy atom. The van der Waals surface area contributed by atoms with Crippen molar-refractivity contribution in [1.29, 1.82) is 0 Å². The summed E-state index contributed by atoms with van der Waals surface area (Å²) in [5.41, 5.74) is 0.948. The van der Waals surface area contributed by atoms with Gasteiger partial charge in [-0.15, -0.1) is 0 Å². The van der Waals surface area contributed by atoms with Gasteiger partial charge in [0.25, 0.3) is 0 Å². The minimum Gasteiger partial charge on any atom is -0.317 e. The molecule has 3 atom stereocenters. The van der Waals surface area contributed by atoms with E-state index < -0.39 is 0 Å². The van der Waals surface area contributed by atoms with Crippen molar-refractivity contribution >= 4 is 11.6 Å². The Hall–Kier alpha value is -0.600. The Bertz CT molecular complexity index is 421. The van der Waals surface area contributed by atoms with Crippen LogP contribution in [0.15, 0.2) is 18.2 Å². The third-order valence-corrected chi connectivity index (χ3v) is 4.98. The molecule has 0 saturated heterocycles. The second-order valence-electron chi connectivity index (χ2n) is 5.66. The molecule has 1 aromatic rings. The summed E-state index contributed by atoms with van der Waals surface area (Å²) in [6, 6.07) is 5.66. The van der Waals surface area contributed by atoms with Crippen molar-refractivity contribution in [2.75, 3.05) is 7.05 Å². The van der Waals surface area contributed by atoms with E-state index in [4.69, 9.17) is 11.6 Å². The van der Waals surface area contributed by atoms with Gasteiger partial charge >= 0.3 is 0 Å². The van der Waals surface area contributed by atoms with Gasteiger partial charge in [0.2, 0.25) is 0 Å². The molecule has 0 aliphatic heterocycles. The molecule has 0 bridgehead atoms. The van der Waals surface area contributed by atoms with Crippen LogP contribution in [-0.4, -0.2) is 13.1 Å². The highest BCUT2D eigenvalue weighted by atomic mass is 35.5. The van der Waals surface area contributed by atoms with Gasteiger partial charge in [-0.05, 0) is 56.2 Å². The van der Waals surface area contributed by atoms with Crippen molar-refractivity contribution in [3.8, 4) is 0 Å². The molecule has 0 spiro atoms. The molecule has 1 nitrogen and oxygen atoms in total. The molecule has 1 aromatic carbocycles. The highest BCUT2D eigenvalue weighted by Crippen LogP contribution is 2.34. The molecule has 0 aromatic heterocycles. The monoisotopic (exact) mass is 283 g/mol. The maximum atomic E-state index is 13.5. The minimum absolute atomic E-state index is 0.302. The molecule has 0 amide bonds. The van der Waals surface area contributed by atoms with Crippen LogP contribution in [0.3, 0.4) is 0 Å². The zero-order chi connectivity index (χ0) is 13.8. The normalized spacial score (nSPS) is 27.5. The Balaban J connectivity index is 2.12. The Labute approximate surface area is 120 Å². The number of halogens is 2. The first-order valence-corrected chi connectivity index (χ1v) is 7.63. The molecular formula is C16H23ClFN. The molecule has 19 heavy (non-hydrogen) atoms. The van der Waals surface area contributed by atoms with Crippen LogP contribution in [0.5, 0.6) is 0 Å². The molecule has 1 aliphatic rings. The number of benzene rings is 1. The van der Waals surface area contributed by atoms with Gasteiger partial charge < -0.3 is 5.32 Å². The van der Waals surface area contributed by atoms with Gasteiger partial charge in [0, 0.05) is 6.04 Å². The van der Waals surface area contributed by atoms with Gasteiger partial charge in [0.05, 0.1) is 5.02 Å². The summed E-state index contributed by atoms with van der Waals surface area (Å²) in [6.45, 7) is 2.26. The number of hydrogen-bond acceptors (Lipinski definition) is 1. The highest BCUT2D eigenvalue weighted by molar-refractivity contribution is 6.31. The van der Waals surface area contributed by atoms with E-state index in [0.717, 1.165) is 17.9 Å². The lowest BCUT2D eigenvalue weighted by Crippen LogP contribution is -2.39. The third-order valence-electron chi connectivity index (χ3n) is 4.55. The van der Waals surface area contributed by atoms with Gasteiger partial charge in [-0.1, -0.05) is 37.1 Å². The zero-order valence-corrected chi connectivity index (χ0v) is 12.5. The van der Waals surface area contributed by atoms with Gasteiger partial charge in [0.15, 0.2) is 0 Å². The van der Waals surface area contributed by atoms with Crippen molar-refractivity contribution in [2.45, 2.75) is 45.1 Å². The van der Waals surface area contributed by atoms with E-state index in [1.165, 1.54) is 31.7 Å². The van der Waals surface area contributed by atoms with Crippen LogP contribution in [-0.2, 0) is 6.42 Å². The van der Waals surface area contributed by atoms with Crippen molar-refractivity contribution < 1.29 is 4.39 Å². The van der Waals surface area contributed by atoms with Crippen LogP contribution in [0.4, 0.5) is 4.39 Å². The maximum absolute atomic E-state index is 13.5. The van der Waals surface area contributed by atoms with E-state index in [1.807, 2.05) is 13.1 Å². The van der Waals surface area contributed by atoms with Crippen molar-refractivity contribution in [3.63, 3.8) is 0 Å². The predicted molar refractivity (Wildman–Crippen MR) is 79.1 cm³/mol. The Morgan fingerprint density at radius 3 is 2.84 bits per heavy atom. The van der Waals surface area contributed by atoms with Crippen LogP contribution in [0.25, 0.3) is 0 Å². The fourth-order valence-corrected chi connectivity index (χ4v) is 3.53. The summed E-state index contributed by atoms with van der Waals surface area (Å²) >= 11 is 6.08. The van der Waals surface area contributed by atoms with Crippen molar-refractivity contribution in [1.82, 2.24) is 5.32 Å². The molecule has 1 N–H and O–H groups in total. The predicted octanol–water partition coefficient (Wildman–Crippen LogP) is 4.44. The number of nitrogens with one attached hydrogen (secondary N) is 1. The standard InChI is InChI=1S/C16H23ClFN/c1-3-11-7-8-15(19-2)13(9-11)10-12-5-4-6-14(18)16(12)17/h4-6,11,13,15,19H,3,7-10H2,1-2H3. The number of rotatable bonds is 4. The maximum Gasteiger partial charge on any atom is 0.142 e. The molecule has 1 aliphatic carbocycles. The molecular weight excluding hydrogens is 261 g/mol. The van der Waals surface area contributed by atoms with E-state index in [1.54, 1.807) is 6.07 Å². The van der Waals surface area contributed by atoms with Crippen LogP contribution in [0.1, 0.15) is 38.2 Å². The average molecular weight is 284 g/mol. The third kappa shape index (κ3) is 3.49. The van der Waals surface area contributed by atoms with Crippen LogP contribution < -0.4 is 5.32 Å². The topological polar surface area (TPSA) is 12.0 Å². The van der Waals surface area contributed by atoms with Gasteiger partial charge in [-0.25, -0.2) is 4.39 Å². The number of hydrogen-bond donors (Lipinski definition) is 1. The fraction of sp³-hybridized carbons (Fsp3) is 0.625. The van der Waals surface area contributed by atoms with Crippen LogP contribution in [0.2, 0.25) is 5.02 Å². The molecule has 2 rings (SSSR count). The average Bonchev–Trinajstić information content (AvgIpc) is 2.43. The largest absolute Gasteiger partial charge is 0.317 e. The molecule has 3 unspecified atom stereocenters. The van der Waals surface area contributed by atoms with Crippen molar-refractivity contribution in [2.24, 2.45) is 11.8 Å². The minimum atomic E-state index is -0.303. The lowest BCUT2D eigenvalue weighted by atomic mass is 9.74. The molecule has 1 fully saturated rings. The molecule has 1 saturated carbocycles. The summed E-state index contributed by atoms with van der Waals surface area (Å²) < 4.78 is 13.5. The summed E-state index contributed by atoms with van der Waals surface area (Å²) in [7, 11) is 2.02. The van der Waals surface area contributed by atoms with Gasteiger partial charge in [-0.2, -0.15) is 0 Å². The lowest BCUT2D eigenvalue weighted by molar-refractivity contribution is 0.205. The highest BCUT2D eigenvalue weighted by Gasteiger charge is 2.29. The second kappa shape index (κ2) is 6.71. The summed E-state index contributed by atoms with van der Waals surface area (Å²) in [6.07, 6.45) is 5.85. The quantitative estimate of drug-likeness (QED) is 0.862. The summed E-state index contributed by atoms with van der Waals surface area (Å²) in [5, 5.41) is 3.72. The molecule has 0 radical (unpaired) electrons. The summed E-state index contributed by atoms with van der Waals surface area (Å²) in [4.78, 5) is 0.